The number of nitrogens with zero attached hydrogens (tertiary/aromatic N) is 4. The van der Waals surface area contributed by atoms with Gasteiger partial charge in [-0.25, -0.2) is 14.2 Å². The van der Waals surface area contributed by atoms with Crippen LogP contribution in [0.1, 0.15) is 18.4 Å². The lowest BCUT2D eigenvalue weighted by molar-refractivity contribution is 0.183. The third kappa shape index (κ3) is 5.79. The molecule has 0 aliphatic rings. The lowest BCUT2D eigenvalue weighted by Crippen LogP contribution is -2.16. The first-order valence-electron chi connectivity index (χ1n) is 10.1. The summed E-state index contributed by atoms with van der Waals surface area (Å²) in [5.74, 6) is 0.828. The van der Waals surface area contributed by atoms with Crippen LogP contribution >= 0.6 is 11.8 Å². The second-order valence-electron chi connectivity index (χ2n) is 6.65. The summed E-state index contributed by atoms with van der Waals surface area (Å²) in [5, 5.41) is 4.05. The normalized spacial score (nSPS) is 11.9. The van der Waals surface area contributed by atoms with Crippen molar-refractivity contribution in [3.63, 3.8) is 0 Å². The number of hydrogen-bond acceptors (Lipinski definition) is 9. The molecule has 0 aliphatic heterocycles. The fourth-order valence-corrected chi connectivity index (χ4v) is 3.44. The van der Waals surface area contributed by atoms with Gasteiger partial charge in [0.15, 0.2) is 11.5 Å². The molecule has 11 heteroatoms. The summed E-state index contributed by atoms with van der Waals surface area (Å²) < 4.78 is 35.7. The lowest BCUT2D eigenvalue weighted by atomic mass is 10.1. The molecule has 0 saturated heterocycles. The van der Waals surface area contributed by atoms with Crippen LogP contribution in [-0.2, 0) is 4.74 Å². The Morgan fingerprint density at radius 2 is 1.91 bits per heavy atom. The smallest absolute Gasteiger partial charge is 0.434 e. The number of rotatable bonds is 7. The zero-order valence-electron chi connectivity index (χ0n) is 19.3. The van der Waals surface area contributed by atoms with Gasteiger partial charge in [-0.3, -0.25) is 0 Å². The highest BCUT2D eigenvalue weighted by Gasteiger charge is 2.21. The van der Waals surface area contributed by atoms with Crippen molar-refractivity contribution in [3.05, 3.63) is 53.7 Å². The first kappa shape index (κ1) is 24.9. The molecule has 0 spiro atoms. The Morgan fingerprint density at radius 1 is 1.18 bits per heavy atom. The van der Waals surface area contributed by atoms with E-state index in [0.29, 0.717) is 29.8 Å². The number of aromatic nitrogens is 2. The average Bonchev–Trinajstić information content (AvgIpc) is 3.28. The number of aliphatic imine (C=N–C) groups is 2. The molecule has 1 aromatic heterocycles. The molecule has 9 nitrogen and oxygen atoms in total. The Labute approximate surface area is 200 Å². The molecule has 0 saturated carbocycles. The molecule has 3 aromatic rings. The molecular formula is C23H23FN4O5S. The minimum absolute atomic E-state index is 0.0825. The van der Waals surface area contributed by atoms with Crippen molar-refractivity contribution in [1.29, 1.82) is 0 Å². The summed E-state index contributed by atoms with van der Waals surface area (Å²) in [6.07, 6.45) is 0.864. The number of benzene rings is 2. The summed E-state index contributed by atoms with van der Waals surface area (Å²) >= 11 is 1.12. The number of hydrogen-bond donors (Lipinski definition) is 0. The van der Waals surface area contributed by atoms with Crippen LogP contribution in [0, 0.1) is 12.7 Å². The third-order valence-electron chi connectivity index (χ3n) is 4.47. The van der Waals surface area contributed by atoms with Gasteiger partial charge in [0.05, 0.1) is 26.5 Å². The maximum atomic E-state index is 15.2. The molecule has 0 unspecified atom stereocenters. The molecule has 2 aromatic carbocycles. The highest BCUT2D eigenvalue weighted by atomic mass is 32.2. The molecule has 0 N–H and O–H groups in total. The Hall–Kier alpha value is -3.73. The van der Waals surface area contributed by atoms with Gasteiger partial charge < -0.3 is 18.7 Å². The van der Waals surface area contributed by atoms with Gasteiger partial charge in [0, 0.05) is 24.1 Å². The van der Waals surface area contributed by atoms with Crippen LogP contribution < -0.4 is 9.47 Å². The zero-order chi connectivity index (χ0) is 24.7. The van der Waals surface area contributed by atoms with E-state index in [1.54, 1.807) is 44.4 Å². The van der Waals surface area contributed by atoms with E-state index in [1.165, 1.54) is 26.4 Å². The van der Waals surface area contributed by atoms with Crippen molar-refractivity contribution < 1.29 is 27.9 Å². The van der Waals surface area contributed by atoms with Crippen LogP contribution in [-0.4, -0.2) is 54.1 Å². The second kappa shape index (κ2) is 11.4. The monoisotopic (exact) mass is 486 g/mol. The average molecular weight is 487 g/mol. The predicted molar refractivity (Wildman–Crippen MR) is 128 cm³/mol. The maximum absolute atomic E-state index is 15.2. The van der Waals surface area contributed by atoms with E-state index >= 15 is 4.39 Å². The molecule has 0 radical (unpaired) electrons. The molecule has 0 fully saturated rings. The van der Waals surface area contributed by atoms with Gasteiger partial charge in [0.25, 0.3) is 0 Å². The largest absolute Gasteiger partial charge is 0.493 e. The van der Waals surface area contributed by atoms with E-state index in [2.05, 4.69) is 24.9 Å². The van der Waals surface area contributed by atoms with Crippen molar-refractivity contribution in [2.24, 2.45) is 9.98 Å². The van der Waals surface area contributed by atoms with Gasteiger partial charge in [0.1, 0.15) is 16.6 Å². The predicted octanol–water partition coefficient (Wildman–Crippen LogP) is 5.24. The summed E-state index contributed by atoms with van der Waals surface area (Å²) in [7, 11) is 2.63. The van der Waals surface area contributed by atoms with Crippen LogP contribution in [0.3, 0.4) is 0 Å². The number of amides is 1. The van der Waals surface area contributed by atoms with E-state index in [9.17, 15) is 4.79 Å². The number of carbonyl (C=O) groups is 1. The number of ether oxygens (including phenoxy) is 3. The number of halogens is 1. The third-order valence-corrected chi connectivity index (χ3v) is 5.14. The Morgan fingerprint density at radius 3 is 2.47 bits per heavy atom. The standard InChI is InChI=1S/C23H23FN4O5S/c1-6-32-19-11-16(17(24)12-18(19)30-3)20(22(34-5)27-23(29)31-4)26-15-9-7-14(8-10-15)21-25-13(2)33-28-21/h7-12H,6H2,1-5H3/b26-20-,27-22-. The van der Waals surface area contributed by atoms with Gasteiger partial charge in [-0.05, 0) is 43.5 Å². The molecule has 0 aliphatic carbocycles. The van der Waals surface area contributed by atoms with Crippen LogP contribution in [0.15, 0.2) is 50.9 Å². The number of thioether (sulfide) groups is 1. The molecular weight excluding hydrogens is 463 g/mol. The van der Waals surface area contributed by atoms with E-state index < -0.39 is 11.9 Å². The highest BCUT2D eigenvalue weighted by Crippen LogP contribution is 2.32. The Kier molecular flexibility index (Phi) is 8.36. The van der Waals surface area contributed by atoms with Crippen LogP contribution in [0.4, 0.5) is 14.9 Å². The molecule has 34 heavy (non-hydrogen) atoms. The molecule has 0 bridgehead atoms. The van der Waals surface area contributed by atoms with Gasteiger partial charge in [-0.1, -0.05) is 5.16 Å². The van der Waals surface area contributed by atoms with Crippen molar-refractivity contribution >= 4 is 34.3 Å². The minimum atomic E-state index is -0.834. The summed E-state index contributed by atoms with van der Waals surface area (Å²) in [6.45, 7) is 3.85. The first-order valence-corrected chi connectivity index (χ1v) is 11.3. The SMILES string of the molecule is CCOc1cc(C(=N/c2ccc(-c3noc(C)n3)cc2)/C(=N/C(=O)OC)SC)c(F)cc1OC. The van der Waals surface area contributed by atoms with Gasteiger partial charge >= 0.3 is 6.09 Å². The lowest BCUT2D eigenvalue weighted by Gasteiger charge is -2.14. The van der Waals surface area contributed by atoms with E-state index in [0.717, 1.165) is 17.3 Å². The van der Waals surface area contributed by atoms with Crippen molar-refractivity contribution in [2.45, 2.75) is 13.8 Å². The fourth-order valence-electron chi connectivity index (χ4n) is 2.92. The zero-order valence-corrected chi connectivity index (χ0v) is 20.1. The van der Waals surface area contributed by atoms with Crippen molar-refractivity contribution in [3.8, 4) is 22.9 Å². The quantitative estimate of drug-likeness (QED) is 0.329. The molecule has 3 rings (SSSR count). The summed E-state index contributed by atoms with van der Waals surface area (Å²) in [4.78, 5) is 24.6. The summed E-state index contributed by atoms with van der Waals surface area (Å²) in [6, 6.07) is 9.60. The maximum Gasteiger partial charge on any atom is 0.434 e. The van der Waals surface area contributed by atoms with Gasteiger partial charge in [-0.15, -0.1) is 11.8 Å². The topological polar surface area (TPSA) is 108 Å². The molecule has 1 amide bonds. The Balaban J connectivity index is 2.15. The molecule has 1 heterocycles. The van der Waals surface area contributed by atoms with E-state index in [-0.39, 0.29) is 22.1 Å². The molecule has 178 valence electrons. The van der Waals surface area contributed by atoms with Crippen LogP contribution in [0.2, 0.25) is 0 Å². The summed E-state index contributed by atoms with van der Waals surface area (Å²) in [5.41, 5.74) is 1.42. The van der Waals surface area contributed by atoms with Gasteiger partial charge in [0.2, 0.25) is 11.7 Å². The Bertz CT molecular complexity index is 1220. The van der Waals surface area contributed by atoms with Crippen LogP contribution in [0.25, 0.3) is 11.4 Å². The fraction of sp³-hybridized carbons (Fsp3) is 0.261. The number of methoxy groups -OCH3 is 2. The van der Waals surface area contributed by atoms with Gasteiger partial charge in [-0.2, -0.15) is 9.98 Å². The molecule has 0 atom stereocenters. The van der Waals surface area contributed by atoms with Crippen molar-refractivity contribution in [2.75, 3.05) is 27.1 Å². The number of carbonyl (C=O) groups excluding carboxylic acids is 1. The number of aryl methyl sites for hydroxylation is 1. The second-order valence-corrected chi connectivity index (χ2v) is 7.45. The van der Waals surface area contributed by atoms with Crippen LogP contribution in [0.5, 0.6) is 11.5 Å². The first-order chi connectivity index (χ1) is 16.4. The minimum Gasteiger partial charge on any atom is -0.493 e. The van der Waals surface area contributed by atoms with Crippen molar-refractivity contribution in [1.82, 2.24) is 10.1 Å². The highest BCUT2D eigenvalue weighted by molar-refractivity contribution is 8.15. The van der Waals surface area contributed by atoms with E-state index in [4.69, 9.17) is 14.0 Å². The van der Waals surface area contributed by atoms with E-state index in [1.807, 2.05) is 0 Å².